The fourth-order valence-electron chi connectivity index (χ4n) is 7.06. The molecule has 0 aromatic rings. The monoisotopic (exact) mass is 927 g/mol. The number of carbonyl (C=O) groups is 3. The second-order valence-electron chi connectivity index (χ2n) is 17.6. The lowest BCUT2D eigenvalue weighted by atomic mass is 10.1. The molecule has 0 aliphatic rings. The summed E-state index contributed by atoms with van der Waals surface area (Å²) in [7, 11) is 0. The van der Waals surface area contributed by atoms with Gasteiger partial charge in [-0.15, -0.1) is 0 Å². The molecule has 0 radical (unpaired) electrons. The third kappa shape index (κ3) is 52.6. The first-order valence-corrected chi connectivity index (χ1v) is 27.2. The minimum Gasteiger partial charge on any atom is -0.462 e. The van der Waals surface area contributed by atoms with E-state index in [4.69, 9.17) is 14.2 Å². The van der Waals surface area contributed by atoms with Crippen LogP contribution in [0.5, 0.6) is 0 Å². The number of esters is 3. The van der Waals surface area contributed by atoms with Gasteiger partial charge in [0.05, 0.1) is 0 Å². The van der Waals surface area contributed by atoms with E-state index in [0.29, 0.717) is 19.3 Å². The van der Waals surface area contributed by atoms with Gasteiger partial charge in [0.25, 0.3) is 0 Å². The maximum atomic E-state index is 12.8. The number of hydrogen-bond acceptors (Lipinski definition) is 6. The number of rotatable bonds is 47. The summed E-state index contributed by atoms with van der Waals surface area (Å²) in [6.07, 6.45) is 74.6. The quantitative estimate of drug-likeness (QED) is 0.0199. The van der Waals surface area contributed by atoms with E-state index in [2.05, 4.69) is 99.8 Å². The van der Waals surface area contributed by atoms with E-state index in [1.165, 1.54) is 64.2 Å². The Labute approximate surface area is 412 Å². The molecule has 0 rings (SSSR count). The zero-order valence-corrected chi connectivity index (χ0v) is 43.1. The van der Waals surface area contributed by atoms with Crippen LogP contribution in [0.25, 0.3) is 0 Å². The molecule has 0 aromatic heterocycles. The largest absolute Gasteiger partial charge is 0.462 e. The van der Waals surface area contributed by atoms with Gasteiger partial charge in [-0.3, -0.25) is 14.4 Å². The van der Waals surface area contributed by atoms with Gasteiger partial charge in [-0.25, -0.2) is 0 Å². The maximum absolute atomic E-state index is 12.8. The standard InChI is InChI=1S/C61H98O6/c1-4-7-10-13-16-19-22-25-28-30-31-34-36-39-42-45-48-51-54-60(63)66-57-58(56-65-59(62)53-50-47-44-41-38-35-32-27-24-21-18-15-12-9-6-3)67-61(64)55-52-49-46-43-40-37-33-29-26-23-20-17-14-11-8-5-2/h9-10,12-13,15-16,18-19,21-22,24-25,27-34,58H,4-8,11,14,17,20,23,26,35-57H2,1-3H3/b12-9-,13-10-,18-15-,19-16-,24-21-,25-22-,30-28-,32-27-,33-29-,34-31-. The summed E-state index contributed by atoms with van der Waals surface area (Å²) in [6.45, 7) is 6.35. The molecule has 0 aliphatic heterocycles. The second kappa shape index (κ2) is 54.4. The molecule has 0 bridgehead atoms. The molecule has 378 valence electrons. The van der Waals surface area contributed by atoms with Crippen LogP contribution in [0, 0.1) is 0 Å². The SMILES string of the molecule is CC\C=C/C=C\C=C/C=C\CCCCCCCC(=O)OCC(COC(=O)CCCCCCC\C=C/C=C\C=C/C=C\C=C/CCC)OC(=O)CCCCCCC/C=C\CCCCCCCCC. The molecule has 6 heteroatoms. The first-order valence-electron chi connectivity index (χ1n) is 27.2. The topological polar surface area (TPSA) is 78.9 Å². The summed E-state index contributed by atoms with van der Waals surface area (Å²) in [5.74, 6) is -0.964. The van der Waals surface area contributed by atoms with Gasteiger partial charge >= 0.3 is 17.9 Å². The van der Waals surface area contributed by atoms with E-state index in [1.54, 1.807) is 0 Å². The van der Waals surface area contributed by atoms with Gasteiger partial charge in [0.2, 0.25) is 0 Å². The average Bonchev–Trinajstić information content (AvgIpc) is 3.33. The molecule has 0 spiro atoms. The Morgan fingerprint density at radius 1 is 0.313 bits per heavy atom. The van der Waals surface area contributed by atoms with Crippen molar-refractivity contribution in [3.8, 4) is 0 Å². The van der Waals surface area contributed by atoms with Crippen LogP contribution < -0.4 is 0 Å². The van der Waals surface area contributed by atoms with Crippen LogP contribution >= 0.6 is 0 Å². The van der Waals surface area contributed by atoms with Crippen LogP contribution in [0.2, 0.25) is 0 Å². The molecule has 1 atom stereocenters. The Bertz CT molecular complexity index is 1440. The van der Waals surface area contributed by atoms with E-state index >= 15 is 0 Å². The molecular weight excluding hydrogens is 829 g/mol. The van der Waals surface area contributed by atoms with Gasteiger partial charge in [0, 0.05) is 19.3 Å². The molecule has 1 unspecified atom stereocenters. The second-order valence-corrected chi connectivity index (χ2v) is 17.6. The zero-order valence-electron chi connectivity index (χ0n) is 43.1. The highest BCUT2D eigenvalue weighted by Gasteiger charge is 2.19. The molecule has 0 fully saturated rings. The predicted octanol–water partition coefficient (Wildman–Crippen LogP) is 18.1. The lowest BCUT2D eigenvalue weighted by molar-refractivity contribution is -0.167. The van der Waals surface area contributed by atoms with Gasteiger partial charge in [-0.2, -0.15) is 0 Å². The van der Waals surface area contributed by atoms with Crippen LogP contribution in [-0.2, 0) is 28.6 Å². The minimum absolute atomic E-state index is 0.106. The van der Waals surface area contributed by atoms with Crippen LogP contribution in [0.1, 0.15) is 226 Å². The molecule has 0 aliphatic carbocycles. The number of ether oxygens (including phenoxy) is 3. The number of allylic oxidation sites excluding steroid dienone is 20. The third-order valence-electron chi connectivity index (χ3n) is 11.1. The summed E-state index contributed by atoms with van der Waals surface area (Å²) in [5.41, 5.74) is 0. The predicted molar refractivity (Wildman–Crippen MR) is 288 cm³/mol. The highest BCUT2D eigenvalue weighted by atomic mass is 16.6. The number of hydrogen-bond donors (Lipinski definition) is 0. The van der Waals surface area contributed by atoms with E-state index in [-0.39, 0.29) is 31.1 Å². The molecule has 0 saturated carbocycles. The summed E-state index contributed by atoms with van der Waals surface area (Å²) < 4.78 is 16.8. The zero-order chi connectivity index (χ0) is 48.6. The smallest absolute Gasteiger partial charge is 0.306 e. The molecule has 67 heavy (non-hydrogen) atoms. The fraction of sp³-hybridized carbons (Fsp3) is 0.623. The molecule has 0 N–H and O–H groups in total. The average molecular weight is 927 g/mol. The molecular formula is C61H98O6. The van der Waals surface area contributed by atoms with Crippen LogP contribution in [0.3, 0.4) is 0 Å². The molecule has 0 heterocycles. The summed E-state index contributed by atoms with van der Waals surface area (Å²) in [4.78, 5) is 38.1. The van der Waals surface area contributed by atoms with Crippen LogP contribution in [0.4, 0.5) is 0 Å². The Kier molecular flexibility index (Phi) is 51.0. The summed E-state index contributed by atoms with van der Waals surface area (Å²) in [5, 5.41) is 0. The van der Waals surface area contributed by atoms with Crippen molar-refractivity contribution in [2.45, 2.75) is 232 Å². The van der Waals surface area contributed by atoms with Gasteiger partial charge in [0.1, 0.15) is 13.2 Å². The van der Waals surface area contributed by atoms with E-state index in [0.717, 1.165) is 122 Å². The summed E-state index contributed by atoms with van der Waals surface area (Å²) in [6, 6.07) is 0. The molecule has 6 nitrogen and oxygen atoms in total. The van der Waals surface area contributed by atoms with Gasteiger partial charge in [-0.1, -0.05) is 245 Å². The lowest BCUT2D eigenvalue weighted by Gasteiger charge is -2.18. The van der Waals surface area contributed by atoms with Gasteiger partial charge in [0.15, 0.2) is 6.10 Å². The normalized spacial score (nSPS) is 13.1. The van der Waals surface area contributed by atoms with E-state index in [9.17, 15) is 14.4 Å². The molecule has 0 saturated heterocycles. The van der Waals surface area contributed by atoms with Crippen LogP contribution in [0.15, 0.2) is 122 Å². The van der Waals surface area contributed by atoms with Crippen molar-refractivity contribution in [3.05, 3.63) is 122 Å². The Morgan fingerprint density at radius 3 is 1.01 bits per heavy atom. The lowest BCUT2D eigenvalue weighted by Crippen LogP contribution is -2.30. The van der Waals surface area contributed by atoms with Crippen molar-refractivity contribution in [1.29, 1.82) is 0 Å². The summed E-state index contributed by atoms with van der Waals surface area (Å²) >= 11 is 0. The van der Waals surface area contributed by atoms with E-state index < -0.39 is 6.10 Å². The van der Waals surface area contributed by atoms with Crippen molar-refractivity contribution in [3.63, 3.8) is 0 Å². The highest BCUT2D eigenvalue weighted by Crippen LogP contribution is 2.14. The Hall–Kier alpha value is -4.19. The van der Waals surface area contributed by atoms with Crippen molar-refractivity contribution in [1.82, 2.24) is 0 Å². The first kappa shape index (κ1) is 62.8. The van der Waals surface area contributed by atoms with Crippen LogP contribution in [-0.4, -0.2) is 37.2 Å². The van der Waals surface area contributed by atoms with Crippen molar-refractivity contribution in [2.24, 2.45) is 0 Å². The van der Waals surface area contributed by atoms with Crippen molar-refractivity contribution < 1.29 is 28.6 Å². The third-order valence-corrected chi connectivity index (χ3v) is 11.1. The highest BCUT2D eigenvalue weighted by molar-refractivity contribution is 5.71. The van der Waals surface area contributed by atoms with Crippen molar-refractivity contribution in [2.75, 3.05) is 13.2 Å². The van der Waals surface area contributed by atoms with Crippen molar-refractivity contribution >= 4 is 17.9 Å². The fourth-order valence-corrected chi connectivity index (χ4v) is 7.06. The number of carbonyl (C=O) groups excluding carboxylic acids is 3. The Balaban J connectivity index is 4.52. The van der Waals surface area contributed by atoms with E-state index in [1.807, 2.05) is 42.5 Å². The first-order chi connectivity index (χ1) is 33.0. The maximum Gasteiger partial charge on any atom is 0.306 e. The van der Waals surface area contributed by atoms with Gasteiger partial charge < -0.3 is 14.2 Å². The van der Waals surface area contributed by atoms with Gasteiger partial charge in [-0.05, 0) is 83.5 Å². The molecule has 0 amide bonds. The minimum atomic E-state index is -0.807. The Morgan fingerprint density at radius 2 is 0.627 bits per heavy atom. The molecule has 0 aromatic carbocycles. The number of unbranched alkanes of at least 4 members (excludes halogenated alkanes) is 23.